The summed E-state index contributed by atoms with van der Waals surface area (Å²) >= 11 is 0. The van der Waals surface area contributed by atoms with Crippen molar-refractivity contribution in [2.75, 3.05) is 19.8 Å². The van der Waals surface area contributed by atoms with Gasteiger partial charge in [-0.2, -0.15) is 0 Å². The zero-order valence-electron chi connectivity index (χ0n) is 8.22. The summed E-state index contributed by atoms with van der Waals surface area (Å²) in [5, 5.41) is 2.80. The highest BCUT2D eigenvalue weighted by atomic mass is 16.5. The fraction of sp³-hybridized carbons (Fsp3) is 0.889. The first-order valence-corrected chi connectivity index (χ1v) is 4.55. The molecule has 0 aromatic rings. The van der Waals surface area contributed by atoms with E-state index in [1.54, 1.807) is 0 Å². The van der Waals surface area contributed by atoms with Crippen molar-refractivity contribution in [2.24, 2.45) is 5.92 Å². The van der Waals surface area contributed by atoms with Crippen molar-refractivity contribution in [1.82, 2.24) is 5.32 Å². The highest BCUT2D eigenvalue weighted by Gasteiger charge is 2.02. The molecule has 1 unspecified atom stereocenters. The molecule has 1 N–H and O–H groups in total. The van der Waals surface area contributed by atoms with Gasteiger partial charge in [0.15, 0.2) is 0 Å². The lowest BCUT2D eigenvalue weighted by Gasteiger charge is -2.09. The minimum absolute atomic E-state index is 0.0165. The predicted molar refractivity (Wildman–Crippen MR) is 49.0 cm³/mol. The van der Waals surface area contributed by atoms with Crippen LogP contribution in [-0.4, -0.2) is 25.7 Å². The van der Waals surface area contributed by atoms with Crippen molar-refractivity contribution >= 4 is 5.91 Å². The van der Waals surface area contributed by atoms with E-state index in [1.165, 1.54) is 0 Å². The summed E-state index contributed by atoms with van der Waals surface area (Å²) in [6.07, 6.45) is 1.09. The molecular weight excluding hydrogens is 154 g/mol. The normalized spacial score (nSPS) is 12.6. The molecule has 0 heterocycles. The van der Waals surface area contributed by atoms with Crippen molar-refractivity contribution in [1.29, 1.82) is 0 Å². The average molecular weight is 173 g/mol. The van der Waals surface area contributed by atoms with E-state index in [-0.39, 0.29) is 12.5 Å². The SMILES string of the molecule is CCOCC(=O)NCC(C)CC. The Balaban J connectivity index is 3.31. The molecule has 72 valence electrons. The smallest absolute Gasteiger partial charge is 0.246 e. The molecule has 0 aromatic carbocycles. The quantitative estimate of drug-likeness (QED) is 0.655. The van der Waals surface area contributed by atoms with Crippen LogP contribution in [0.25, 0.3) is 0 Å². The Labute approximate surface area is 74.5 Å². The number of nitrogens with one attached hydrogen (secondary N) is 1. The Morgan fingerprint density at radius 2 is 2.17 bits per heavy atom. The van der Waals surface area contributed by atoms with Crippen LogP contribution in [0, 0.1) is 5.92 Å². The van der Waals surface area contributed by atoms with Crippen molar-refractivity contribution in [3.05, 3.63) is 0 Å². The van der Waals surface area contributed by atoms with E-state index < -0.39 is 0 Å². The Morgan fingerprint density at radius 1 is 1.50 bits per heavy atom. The molecule has 1 atom stereocenters. The number of carbonyl (C=O) groups is 1. The summed E-state index contributed by atoms with van der Waals surface area (Å²) in [5.41, 5.74) is 0. The van der Waals surface area contributed by atoms with Crippen molar-refractivity contribution in [3.63, 3.8) is 0 Å². The lowest BCUT2D eigenvalue weighted by atomic mass is 10.1. The number of ether oxygens (including phenoxy) is 1. The van der Waals surface area contributed by atoms with Crippen LogP contribution in [0.1, 0.15) is 27.2 Å². The molecule has 0 spiro atoms. The third-order valence-electron chi connectivity index (χ3n) is 1.78. The van der Waals surface area contributed by atoms with Crippen LogP contribution in [-0.2, 0) is 9.53 Å². The summed E-state index contributed by atoms with van der Waals surface area (Å²) in [6, 6.07) is 0. The third kappa shape index (κ3) is 6.16. The topological polar surface area (TPSA) is 38.3 Å². The predicted octanol–water partition coefficient (Wildman–Crippen LogP) is 1.19. The molecule has 12 heavy (non-hydrogen) atoms. The lowest BCUT2D eigenvalue weighted by molar-refractivity contribution is -0.125. The van der Waals surface area contributed by atoms with E-state index in [4.69, 9.17) is 4.74 Å². The molecule has 0 aliphatic heterocycles. The van der Waals surface area contributed by atoms with Crippen LogP contribution in [0.4, 0.5) is 0 Å². The molecule has 0 saturated heterocycles. The molecule has 0 saturated carbocycles. The summed E-state index contributed by atoms with van der Waals surface area (Å²) in [7, 11) is 0. The fourth-order valence-electron chi connectivity index (χ4n) is 0.678. The monoisotopic (exact) mass is 173 g/mol. The van der Waals surface area contributed by atoms with Crippen LogP contribution in [0.2, 0.25) is 0 Å². The molecule has 1 amide bonds. The molecule has 3 nitrogen and oxygen atoms in total. The molecule has 0 bridgehead atoms. The summed E-state index contributed by atoms with van der Waals surface area (Å²) in [5.74, 6) is 0.535. The average Bonchev–Trinajstić information content (AvgIpc) is 2.10. The van der Waals surface area contributed by atoms with Crippen LogP contribution < -0.4 is 5.32 Å². The van der Waals surface area contributed by atoms with Crippen LogP contribution in [0.15, 0.2) is 0 Å². The maximum Gasteiger partial charge on any atom is 0.246 e. The van der Waals surface area contributed by atoms with Crippen molar-refractivity contribution in [2.45, 2.75) is 27.2 Å². The second-order valence-corrected chi connectivity index (χ2v) is 2.95. The van der Waals surface area contributed by atoms with Crippen molar-refractivity contribution < 1.29 is 9.53 Å². The van der Waals surface area contributed by atoms with Gasteiger partial charge in [-0.15, -0.1) is 0 Å². The molecule has 0 aliphatic rings. The Hall–Kier alpha value is -0.570. The number of hydrogen-bond donors (Lipinski definition) is 1. The van der Waals surface area contributed by atoms with E-state index >= 15 is 0 Å². The zero-order chi connectivity index (χ0) is 9.40. The molecule has 0 aromatic heterocycles. The molecular formula is C9H19NO2. The minimum atomic E-state index is -0.0165. The third-order valence-corrected chi connectivity index (χ3v) is 1.78. The van der Waals surface area contributed by atoms with Gasteiger partial charge < -0.3 is 10.1 Å². The number of amides is 1. The standard InChI is InChI=1S/C9H19NO2/c1-4-8(3)6-10-9(11)7-12-5-2/h8H,4-7H2,1-3H3,(H,10,11). The second kappa shape index (κ2) is 7.10. The lowest BCUT2D eigenvalue weighted by Crippen LogP contribution is -2.31. The number of rotatable bonds is 6. The Bertz CT molecular complexity index is 126. The van der Waals surface area contributed by atoms with Gasteiger partial charge in [-0.3, -0.25) is 4.79 Å². The van der Waals surface area contributed by atoms with Gasteiger partial charge in [-0.1, -0.05) is 20.3 Å². The molecule has 0 fully saturated rings. The number of carbonyl (C=O) groups excluding carboxylic acids is 1. The first-order chi connectivity index (χ1) is 5.70. The fourth-order valence-corrected chi connectivity index (χ4v) is 0.678. The highest BCUT2D eigenvalue weighted by molar-refractivity contribution is 5.77. The maximum absolute atomic E-state index is 11.0. The first-order valence-electron chi connectivity index (χ1n) is 4.55. The van der Waals surface area contributed by atoms with Crippen LogP contribution in [0.5, 0.6) is 0 Å². The van der Waals surface area contributed by atoms with E-state index in [0.29, 0.717) is 12.5 Å². The first kappa shape index (κ1) is 11.4. The minimum Gasteiger partial charge on any atom is -0.372 e. The van der Waals surface area contributed by atoms with Gasteiger partial charge >= 0.3 is 0 Å². The molecule has 3 heteroatoms. The van der Waals surface area contributed by atoms with Gasteiger partial charge in [0, 0.05) is 13.2 Å². The van der Waals surface area contributed by atoms with Gasteiger partial charge in [0.1, 0.15) is 6.61 Å². The van der Waals surface area contributed by atoms with Crippen molar-refractivity contribution in [3.8, 4) is 0 Å². The Kier molecular flexibility index (Phi) is 6.76. The van der Waals surface area contributed by atoms with Crippen LogP contribution in [0.3, 0.4) is 0 Å². The van der Waals surface area contributed by atoms with E-state index in [9.17, 15) is 4.79 Å². The summed E-state index contributed by atoms with van der Waals surface area (Å²) < 4.78 is 4.95. The van der Waals surface area contributed by atoms with Gasteiger partial charge in [0.05, 0.1) is 0 Å². The zero-order valence-corrected chi connectivity index (χ0v) is 8.22. The van der Waals surface area contributed by atoms with Gasteiger partial charge in [0.2, 0.25) is 5.91 Å². The highest BCUT2D eigenvalue weighted by Crippen LogP contribution is 1.96. The van der Waals surface area contributed by atoms with Gasteiger partial charge in [-0.25, -0.2) is 0 Å². The molecule has 0 radical (unpaired) electrons. The maximum atomic E-state index is 11.0. The number of hydrogen-bond acceptors (Lipinski definition) is 2. The van der Waals surface area contributed by atoms with E-state index in [2.05, 4.69) is 19.2 Å². The summed E-state index contributed by atoms with van der Waals surface area (Å²) in [6.45, 7) is 7.63. The van der Waals surface area contributed by atoms with Gasteiger partial charge in [-0.05, 0) is 12.8 Å². The van der Waals surface area contributed by atoms with E-state index in [0.717, 1.165) is 13.0 Å². The van der Waals surface area contributed by atoms with E-state index in [1.807, 2.05) is 6.92 Å². The largest absolute Gasteiger partial charge is 0.372 e. The van der Waals surface area contributed by atoms with Gasteiger partial charge in [0.25, 0.3) is 0 Å². The Morgan fingerprint density at radius 3 is 2.67 bits per heavy atom. The van der Waals surface area contributed by atoms with Crippen LogP contribution >= 0.6 is 0 Å². The molecule has 0 rings (SSSR count). The summed E-state index contributed by atoms with van der Waals surface area (Å²) in [4.78, 5) is 11.0. The second-order valence-electron chi connectivity index (χ2n) is 2.95. The molecule has 0 aliphatic carbocycles.